The van der Waals surface area contributed by atoms with Crippen molar-refractivity contribution in [3.05, 3.63) is 11.6 Å². The lowest BCUT2D eigenvalue weighted by molar-refractivity contribution is -0.223. The lowest BCUT2D eigenvalue weighted by atomic mass is 9.45. The summed E-state index contributed by atoms with van der Waals surface area (Å²) in [6.45, 7) is 11.2. The van der Waals surface area contributed by atoms with Gasteiger partial charge in [0.25, 0.3) is 0 Å². The van der Waals surface area contributed by atoms with Gasteiger partial charge in [-0.05, 0) is 100 Å². The van der Waals surface area contributed by atoms with E-state index in [2.05, 4.69) is 19.9 Å². The van der Waals surface area contributed by atoms with Crippen LogP contribution in [0.25, 0.3) is 0 Å². The van der Waals surface area contributed by atoms with E-state index in [0.29, 0.717) is 54.6 Å². The van der Waals surface area contributed by atoms with Gasteiger partial charge >= 0.3 is 0 Å². The highest BCUT2D eigenvalue weighted by molar-refractivity contribution is 5.30. The summed E-state index contributed by atoms with van der Waals surface area (Å²) in [5.41, 5.74) is 7.72. The molecule has 0 spiro atoms. The Morgan fingerprint density at radius 3 is 2.66 bits per heavy atom. The Hall–Kier alpha value is -0.460. The molecule has 0 aromatic rings. The number of ether oxygens (including phenoxy) is 3. The number of aliphatic hydroxyl groups excluding tert-OH is 1. The molecule has 0 aromatic carbocycles. The van der Waals surface area contributed by atoms with Crippen LogP contribution in [-0.4, -0.2) is 56.4 Å². The number of rotatable bonds is 7. The first-order chi connectivity index (χ1) is 16.7. The van der Waals surface area contributed by atoms with Crippen molar-refractivity contribution >= 4 is 0 Å². The maximum Gasteiger partial charge on any atom is 0.0890 e. The van der Waals surface area contributed by atoms with Gasteiger partial charge in [0.2, 0.25) is 0 Å². The summed E-state index contributed by atoms with van der Waals surface area (Å²) < 4.78 is 19.0. The van der Waals surface area contributed by atoms with Crippen LogP contribution in [0.15, 0.2) is 11.6 Å². The number of aliphatic hydroxyl groups is 1. The molecule has 4 fully saturated rings. The van der Waals surface area contributed by atoms with E-state index in [4.69, 9.17) is 19.9 Å². The van der Waals surface area contributed by atoms with Crippen molar-refractivity contribution in [2.24, 2.45) is 58.5 Å². The number of nitrogens with two attached hydrogens (primary N) is 1. The molecule has 1 saturated heterocycles. The third kappa shape index (κ3) is 4.67. The van der Waals surface area contributed by atoms with Gasteiger partial charge in [0, 0.05) is 30.6 Å². The van der Waals surface area contributed by atoms with Gasteiger partial charge in [-0.25, -0.2) is 0 Å². The van der Waals surface area contributed by atoms with Crippen LogP contribution in [0.5, 0.6) is 0 Å². The van der Waals surface area contributed by atoms with Gasteiger partial charge in [0.15, 0.2) is 0 Å². The van der Waals surface area contributed by atoms with E-state index >= 15 is 0 Å². The highest BCUT2D eigenvalue weighted by atomic mass is 16.5. The van der Waals surface area contributed by atoms with Crippen molar-refractivity contribution in [2.75, 3.05) is 33.5 Å². The number of hydrogen-bond donors (Lipinski definition) is 2. The van der Waals surface area contributed by atoms with Crippen LogP contribution < -0.4 is 5.73 Å². The van der Waals surface area contributed by atoms with Crippen LogP contribution in [0.1, 0.15) is 72.6 Å². The highest BCUT2D eigenvalue weighted by Gasteiger charge is 2.62. The van der Waals surface area contributed by atoms with E-state index in [1.165, 1.54) is 32.1 Å². The maximum atomic E-state index is 10.5. The summed E-state index contributed by atoms with van der Waals surface area (Å²) in [4.78, 5) is 0. The van der Waals surface area contributed by atoms with Crippen LogP contribution >= 0.6 is 0 Å². The van der Waals surface area contributed by atoms with Crippen molar-refractivity contribution < 1.29 is 19.3 Å². The summed E-state index contributed by atoms with van der Waals surface area (Å²) in [7, 11) is 1.86. The third-order valence-electron chi connectivity index (χ3n) is 10.7. The molecule has 10 atom stereocenters. The second kappa shape index (κ2) is 10.0. The van der Waals surface area contributed by atoms with E-state index in [1.54, 1.807) is 5.57 Å². The first-order valence-electron chi connectivity index (χ1n) is 14.5. The minimum atomic E-state index is -0.349. The lowest BCUT2D eigenvalue weighted by Crippen LogP contribution is -2.64. The smallest absolute Gasteiger partial charge is 0.0890 e. The second-order valence-electron chi connectivity index (χ2n) is 13.9. The molecular weight excluding hydrogens is 438 g/mol. The van der Waals surface area contributed by atoms with Crippen molar-refractivity contribution in [1.82, 2.24) is 0 Å². The average Bonchev–Trinajstić information content (AvgIpc) is 2.81. The first-order valence-corrected chi connectivity index (χ1v) is 14.5. The zero-order chi connectivity index (χ0) is 25.0. The van der Waals surface area contributed by atoms with Gasteiger partial charge in [-0.1, -0.05) is 25.5 Å². The standard InChI is InChI=1S/C30H51NO4/c1-18(2)12-19-6-7-20-21(23(19)14-32)8-10-25-22(20)9-11-26-24-15-34-17-30(25,26)13-27(33-5)28(24)35-16-29(3,4)31/h10,18-24,26-28,32H,6-9,11-17,31H2,1-5H3/t19?,20?,21?,22?,23?,24?,26?,27-,28-,30+/m1/s1. The van der Waals surface area contributed by atoms with E-state index in [1.807, 2.05) is 21.0 Å². The van der Waals surface area contributed by atoms with E-state index in [0.717, 1.165) is 32.0 Å². The van der Waals surface area contributed by atoms with Gasteiger partial charge in [0.05, 0.1) is 32.0 Å². The number of hydrogen-bond acceptors (Lipinski definition) is 5. The van der Waals surface area contributed by atoms with Gasteiger partial charge < -0.3 is 25.1 Å². The summed E-state index contributed by atoms with van der Waals surface area (Å²) >= 11 is 0. The number of allylic oxidation sites excluding steroid dienone is 1. The van der Waals surface area contributed by atoms with E-state index in [-0.39, 0.29) is 23.2 Å². The summed E-state index contributed by atoms with van der Waals surface area (Å²) in [6, 6.07) is 0. The van der Waals surface area contributed by atoms with Gasteiger partial charge in [0.1, 0.15) is 0 Å². The second-order valence-corrected chi connectivity index (χ2v) is 13.9. The molecule has 2 bridgehead atoms. The van der Waals surface area contributed by atoms with Crippen molar-refractivity contribution in [2.45, 2.75) is 90.4 Å². The molecular formula is C30H51NO4. The quantitative estimate of drug-likeness (QED) is 0.502. The Morgan fingerprint density at radius 1 is 1.17 bits per heavy atom. The van der Waals surface area contributed by atoms with Crippen LogP contribution in [-0.2, 0) is 14.2 Å². The fraction of sp³-hybridized carbons (Fsp3) is 0.933. The fourth-order valence-corrected chi connectivity index (χ4v) is 9.44. The monoisotopic (exact) mass is 489 g/mol. The molecule has 1 heterocycles. The molecule has 1 aliphatic heterocycles. The molecule has 0 amide bonds. The Labute approximate surface area is 213 Å². The minimum Gasteiger partial charge on any atom is -0.396 e. The van der Waals surface area contributed by atoms with Crippen molar-refractivity contribution in [3.8, 4) is 0 Å². The van der Waals surface area contributed by atoms with E-state index < -0.39 is 0 Å². The zero-order valence-corrected chi connectivity index (χ0v) is 22.9. The van der Waals surface area contributed by atoms with Crippen LogP contribution in [0.3, 0.4) is 0 Å². The molecule has 4 aliphatic carbocycles. The molecule has 3 N–H and O–H groups in total. The molecule has 3 saturated carbocycles. The maximum absolute atomic E-state index is 10.5. The Morgan fingerprint density at radius 2 is 1.97 bits per heavy atom. The molecule has 5 nitrogen and oxygen atoms in total. The topological polar surface area (TPSA) is 73.9 Å². The average molecular weight is 490 g/mol. The Kier molecular flexibility index (Phi) is 7.49. The van der Waals surface area contributed by atoms with Gasteiger partial charge in [-0.2, -0.15) is 0 Å². The third-order valence-corrected chi connectivity index (χ3v) is 10.7. The molecule has 0 radical (unpaired) electrons. The normalized spacial score (nSPS) is 45.4. The number of methoxy groups -OCH3 is 1. The Balaban J connectivity index is 1.42. The number of fused-ring (bicyclic) bond motifs is 3. The van der Waals surface area contributed by atoms with Crippen molar-refractivity contribution in [1.29, 1.82) is 0 Å². The van der Waals surface area contributed by atoms with Crippen LogP contribution in [0.2, 0.25) is 0 Å². The minimum absolute atomic E-state index is 0.0555. The Bertz CT molecular complexity index is 775. The van der Waals surface area contributed by atoms with Crippen molar-refractivity contribution in [3.63, 3.8) is 0 Å². The van der Waals surface area contributed by atoms with E-state index in [9.17, 15) is 5.11 Å². The van der Waals surface area contributed by atoms with Gasteiger partial charge in [-0.3, -0.25) is 0 Å². The van der Waals surface area contributed by atoms with Crippen LogP contribution in [0.4, 0.5) is 0 Å². The molecule has 7 unspecified atom stereocenters. The largest absolute Gasteiger partial charge is 0.396 e. The molecule has 5 heteroatoms. The molecule has 35 heavy (non-hydrogen) atoms. The van der Waals surface area contributed by atoms with Gasteiger partial charge in [-0.15, -0.1) is 0 Å². The lowest BCUT2D eigenvalue weighted by Gasteiger charge is -2.63. The predicted molar refractivity (Wildman–Crippen MR) is 139 cm³/mol. The first kappa shape index (κ1) is 26.2. The predicted octanol–water partition coefficient (Wildman–Crippen LogP) is 4.81. The SMILES string of the molecule is CO[C@@H]1C[C@@]23COCC(C2CCC2C3=CCC3C(CO)C(CC(C)C)CCC23)[C@H]1OCC(C)(C)N. The molecule has 5 rings (SSSR count). The summed E-state index contributed by atoms with van der Waals surface area (Å²) in [5.74, 6) is 4.86. The highest BCUT2D eigenvalue weighted by Crippen LogP contribution is 2.64. The molecule has 200 valence electrons. The fourth-order valence-electron chi connectivity index (χ4n) is 9.44. The molecule has 5 aliphatic rings. The summed E-state index contributed by atoms with van der Waals surface area (Å²) in [6.07, 6.45) is 11.3. The molecule has 0 aromatic heterocycles. The summed E-state index contributed by atoms with van der Waals surface area (Å²) in [5, 5.41) is 10.5. The van der Waals surface area contributed by atoms with Crippen LogP contribution in [0, 0.1) is 52.8 Å². The zero-order valence-electron chi connectivity index (χ0n) is 22.9.